The van der Waals surface area contributed by atoms with Crippen LogP contribution in [-0.4, -0.2) is 37.2 Å². The fourth-order valence-corrected chi connectivity index (χ4v) is 5.18. The van der Waals surface area contributed by atoms with E-state index in [1.807, 2.05) is 0 Å². The van der Waals surface area contributed by atoms with Gasteiger partial charge in [-0.05, 0) is 69.4 Å². The SMILES string of the molecule is CC1CC(CC2CCCCC2)CCC1OCCN1CCCC1. The number of ether oxygens (including phenoxy) is 1. The number of hydrogen-bond acceptors (Lipinski definition) is 2. The second-order valence-electron chi connectivity index (χ2n) is 8.35. The minimum Gasteiger partial charge on any atom is -0.377 e. The molecule has 2 nitrogen and oxygen atoms in total. The molecule has 2 heteroatoms. The summed E-state index contributed by atoms with van der Waals surface area (Å²) < 4.78 is 6.25. The van der Waals surface area contributed by atoms with Gasteiger partial charge in [0, 0.05) is 6.54 Å². The first-order chi connectivity index (χ1) is 10.8. The van der Waals surface area contributed by atoms with Gasteiger partial charge in [0.15, 0.2) is 0 Å². The predicted octanol–water partition coefficient (Wildman–Crippen LogP) is 4.87. The standard InChI is InChI=1S/C20H37NO/c1-17-15-19(16-18-7-3-2-4-8-18)9-10-20(17)22-14-13-21-11-5-6-12-21/h17-20H,2-16H2,1H3. The van der Waals surface area contributed by atoms with Gasteiger partial charge in [0.05, 0.1) is 12.7 Å². The topological polar surface area (TPSA) is 12.5 Å². The van der Waals surface area contributed by atoms with Gasteiger partial charge in [-0.1, -0.05) is 39.0 Å². The summed E-state index contributed by atoms with van der Waals surface area (Å²) in [6, 6.07) is 0. The Morgan fingerprint density at radius 1 is 0.864 bits per heavy atom. The molecule has 1 aliphatic heterocycles. The molecule has 0 aromatic heterocycles. The molecule has 0 bridgehead atoms. The smallest absolute Gasteiger partial charge is 0.0601 e. The van der Waals surface area contributed by atoms with Gasteiger partial charge < -0.3 is 9.64 Å². The average Bonchev–Trinajstić information content (AvgIpc) is 3.04. The lowest BCUT2D eigenvalue weighted by Crippen LogP contribution is -2.33. The Hall–Kier alpha value is -0.0800. The van der Waals surface area contributed by atoms with Crippen LogP contribution >= 0.6 is 0 Å². The van der Waals surface area contributed by atoms with Gasteiger partial charge in [0.25, 0.3) is 0 Å². The lowest BCUT2D eigenvalue weighted by molar-refractivity contribution is -0.0258. The highest BCUT2D eigenvalue weighted by Crippen LogP contribution is 2.38. The third-order valence-corrected chi connectivity index (χ3v) is 6.53. The van der Waals surface area contributed by atoms with E-state index in [2.05, 4.69) is 11.8 Å². The molecule has 0 amide bonds. The summed E-state index contributed by atoms with van der Waals surface area (Å²) in [6.45, 7) is 7.16. The molecule has 3 fully saturated rings. The predicted molar refractivity (Wildman–Crippen MR) is 93.1 cm³/mol. The van der Waals surface area contributed by atoms with Crippen LogP contribution in [0.5, 0.6) is 0 Å². The van der Waals surface area contributed by atoms with Crippen molar-refractivity contribution in [3.63, 3.8) is 0 Å². The first-order valence-electron chi connectivity index (χ1n) is 10.1. The summed E-state index contributed by atoms with van der Waals surface area (Å²) in [7, 11) is 0. The lowest BCUT2D eigenvalue weighted by atomic mass is 9.74. The zero-order chi connectivity index (χ0) is 15.2. The first kappa shape index (κ1) is 16.8. The van der Waals surface area contributed by atoms with E-state index >= 15 is 0 Å². The highest BCUT2D eigenvalue weighted by molar-refractivity contribution is 4.81. The average molecular weight is 308 g/mol. The number of rotatable bonds is 6. The normalized spacial score (nSPS) is 35.0. The van der Waals surface area contributed by atoms with E-state index in [0.29, 0.717) is 6.10 Å². The maximum absolute atomic E-state index is 6.25. The Balaban J connectivity index is 1.32. The third kappa shape index (κ3) is 4.96. The van der Waals surface area contributed by atoms with Crippen LogP contribution in [0.3, 0.4) is 0 Å². The van der Waals surface area contributed by atoms with Crippen molar-refractivity contribution in [2.75, 3.05) is 26.2 Å². The Labute approximate surface area is 138 Å². The summed E-state index contributed by atoms with van der Waals surface area (Å²) in [5, 5.41) is 0. The van der Waals surface area contributed by atoms with Crippen LogP contribution in [0.4, 0.5) is 0 Å². The zero-order valence-electron chi connectivity index (χ0n) is 14.8. The second kappa shape index (κ2) is 8.68. The molecule has 0 N–H and O–H groups in total. The van der Waals surface area contributed by atoms with Gasteiger partial charge >= 0.3 is 0 Å². The molecule has 0 aromatic rings. The van der Waals surface area contributed by atoms with Crippen LogP contribution in [0.25, 0.3) is 0 Å². The molecule has 0 spiro atoms. The van der Waals surface area contributed by atoms with Crippen LogP contribution in [-0.2, 0) is 4.74 Å². The minimum atomic E-state index is 0.546. The Bertz CT molecular complexity index is 307. The van der Waals surface area contributed by atoms with Gasteiger partial charge in [0.1, 0.15) is 0 Å². The molecule has 128 valence electrons. The van der Waals surface area contributed by atoms with Crippen molar-refractivity contribution in [1.29, 1.82) is 0 Å². The van der Waals surface area contributed by atoms with E-state index < -0.39 is 0 Å². The van der Waals surface area contributed by atoms with Crippen molar-refractivity contribution in [3.8, 4) is 0 Å². The highest BCUT2D eigenvalue weighted by Gasteiger charge is 2.30. The highest BCUT2D eigenvalue weighted by atomic mass is 16.5. The van der Waals surface area contributed by atoms with Crippen LogP contribution in [0.15, 0.2) is 0 Å². The van der Waals surface area contributed by atoms with Crippen LogP contribution in [0.2, 0.25) is 0 Å². The molecule has 3 aliphatic rings. The van der Waals surface area contributed by atoms with Gasteiger partial charge in [-0.3, -0.25) is 0 Å². The molecule has 2 aliphatic carbocycles. The van der Waals surface area contributed by atoms with Crippen molar-refractivity contribution in [2.24, 2.45) is 17.8 Å². The van der Waals surface area contributed by atoms with Crippen LogP contribution < -0.4 is 0 Å². The molecule has 3 unspecified atom stereocenters. The maximum Gasteiger partial charge on any atom is 0.0601 e. The summed E-state index contributed by atoms with van der Waals surface area (Å²) in [4.78, 5) is 2.57. The van der Waals surface area contributed by atoms with E-state index in [0.717, 1.165) is 30.9 Å². The van der Waals surface area contributed by atoms with Crippen molar-refractivity contribution in [2.45, 2.75) is 83.7 Å². The number of likely N-dealkylation sites (tertiary alicyclic amines) is 1. The van der Waals surface area contributed by atoms with Gasteiger partial charge in [0.2, 0.25) is 0 Å². The molecule has 1 heterocycles. The monoisotopic (exact) mass is 307 g/mol. The number of hydrogen-bond donors (Lipinski definition) is 0. The largest absolute Gasteiger partial charge is 0.377 e. The summed E-state index contributed by atoms with van der Waals surface area (Å²) in [6.07, 6.45) is 16.5. The molecule has 0 radical (unpaired) electrons. The van der Waals surface area contributed by atoms with E-state index in [-0.39, 0.29) is 0 Å². The van der Waals surface area contributed by atoms with Gasteiger partial charge in [-0.25, -0.2) is 0 Å². The Kier molecular flexibility index (Phi) is 6.62. The maximum atomic E-state index is 6.25. The lowest BCUT2D eigenvalue weighted by Gasteiger charge is -2.36. The van der Waals surface area contributed by atoms with E-state index in [1.165, 1.54) is 83.7 Å². The van der Waals surface area contributed by atoms with Crippen molar-refractivity contribution in [3.05, 3.63) is 0 Å². The molecule has 22 heavy (non-hydrogen) atoms. The zero-order valence-corrected chi connectivity index (χ0v) is 14.8. The molecule has 1 saturated heterocycles. The summed E-state index contributed by atoms with van der Waals surface area (Å²) in [5.74, 6) is 2.83. The van der Waals surface area contributed by atoms with E-state index in [1.54, 1.807) is 0 Å². The van der Waals surface area contributed by atoms with Gasteiger partial charge in [-0.2, -0.15) is 0 Å². The molecular weight excluding hydrogens is 270 g/mol. The summed E-state index contributed by atoms with van der Waals surface area (Å²) in [5.41, 5.74) is 0. The third-order valence-electron chi connectivity index (χ3n) is 6.53. The van der Waals surface area contributed by atoms with Crippen LogP contribution in [0, 0.1) is 17.8 Å². The fourth-order valence-electron chi connectivity index (χ4n) is 5.18. The first-order valence-corrected chi connectivity index (χ1v) is 10.1. The molecule has 0 aromatic carbocycles. The molecule has 2 saturated carbocycles. The molecule has 3 rings (SSSR count). The van der Waals surface area contributed by atoms with Crippen LogP contribution in [0.1, 0.15) is 77.6 Å². The Morgan fingerprint density at radius 3 is 2.36 bits per heavy atom. The second-order valence-corrected chi connectivity index (χ2v) is 8.35. The Morgan fingerprint density at radius 2 is 1.64 bits per heavy atom. The van der Waals surface area contributed by atoms with Crippen molar-refractivity contribution >= 4 is 0 Å². The fraction of sp³-hybridized carbons (Fsp3) is 1.00. The van der Waals surface area contributed by atoms with E-state index in [4.69, 9.17) is 4.74 Å². The quantitative estimate of drug-likeness (QED) is 0.694. The molecule has 3 atom stereocenters. The van der Waals surface area contributed by atoms with Crippen molar-refractivity contribution < 1.29 is 4.74 Å². The van der Waals surface area contributed by atoms with Gasteiger partial charge in [-0.15, -0.1) is 0 Å². The number of nitrogens with zero attached hydrogens (tertiary/aromatic N) is 1. The minimum absolute atomic E-state index is 0.546. The summed E-state index contributed by atoms with van der Waals surface area (Å²) >= 11 is 0. The van der Waals surface area contributed by atoms with Crippen molar-refractivity contribution in [1.82, 2.24) is 4.90 Å². The van der Waals surface area contributed by atoms with E-state index in [9.17, 15) is 0 Å². The molecular formula is C20H37NO.